The van der Waals surface area contributed by atoms with Gasteiger partial charge in [0, 0.05) is 12.4 Å². The van der Waals surface area contributed by atoms with Gasteiger partial charge in [0.1, 0.15) is 17.6 Å². The minimum Gasteiger partial charge on any atom is -0.386 e. The maximum Gasteiger partial charge on any atom is 0.147 e. The van der Waals surface area contributed by atoms with Gasteiger partial charge in [-0.1, -0.05) is 13.8 Å². The van der Waals surface area contributed by atoms with Gasteiger partial charge >= 0.3 is 0 Å². The quantitative estimate of drug-likeness (QED) is 0.681. The molecule has 0 aromatic carbocycles. The normalized spacial score (nSPS) is 13.3. The minimum atomic E-state index is -0.626. The van der Waals surface area contributed by atoms with Crippen LogP contribution in [0.5, 0.6) is 0 Å². The molecule has 0 radical (unpaired) electrons. The van der Waals surface area contributed by atoms with Gasteiger partial charge in [0.2, 0.25) is 0 Å². The Balaban J connectivity index is 2.94. The van der Waals surface area contributed by atoms with E-state index in [4.69, 9.17) is 5.73 Å². The average Bonchev–Trinajstić information content (AvgIpc) is 2.04. The first-order valence-electron chi connectivity index (χ1n) is 3.87. The van der Waals surface area contributed by atoms with Gasteiger partial charge in [-0.2, -0.15) is 0 Å². The summed E-state index contributed by atoms with van der Waals surface area (Å²) in [6, 6.07) is 0. The Bertz CT molecular complexity index is 262. The van der Waals surface area contributed by atoms with E-state index < -0.39 is 6.10 Å². The molecule has 1 unspecified atom stereocenters. The third-order valence-corrected chi connectivity index (χ3v) is 1.67. The predicted molar refractivity (Wildman–Crippen MR) is 46.2 cm³/mol. The Morgan fingerprint density at radius 3 is 2.42 bits per heavy atom. The van der Waals surface area contributed by atoms with Gasteiger partial charge in [-0.25, -0.2) is 4.98 Å². The summed E-state index contributed by atoms with van der Waals surface area (Å²) < 4.78 is 0. The van der Waals surface area contributed by atoms with Crippen molar-refractivity contribution in [3.8, 4) is 0 Å². The fraction of sp³-hybridized carbons (Fsp3) is 0.500. The third-order valence-electron chi connectivity index (χ3n) is 1.67. The van der Waals surface area contributed by atoms with E-state index >= 15 is 0 Å². The molecule has 1 heterocycles. The summed E-state index contributed by atoms with van der Waals surface area (Å²) in [6.07, 6.45) is 2.40. The fourth-order valence-electron chi connectivity index (χ4n) is 0.903. The molecule has 4 nitrogen and oxygen atoms in total. The molecule has 0 spiro atoms. The van der Waals surface area contributed by atoms with E-state index in [1.54, 1.807) is 0 Å². The molecule has 0 saturated carbocycles. The fourth-order valence-corrected chi connectivity index (χ4v) is 0.903. The molecule has 66 valence electrons. The molecule has 3 N–H and O–H groups in total. The molecule has 0 amide bonds. The van der Waals surface area contributed by atoms with E-state index in [1.807, 2.05) is 13.8 Å². The third kappa shape index (κ3) is 1.71. The zero-order chi connectivity index (χ0) is 9.14. The topological polar surface area (TPSA) is 72.0 Å². The first-order valence-corrected chi connectivity index (χ1v) is 3.87. The number of nitrogens with zero attached hydrogens (tertiary/aromatic N) is 2. The van der Waals surface area contributed by atoms with Crippen LogP contribution in [0.1, 0.15) is 25.6 Å². The molecule has 1 aromatic heterocycles. The van der Waals surface area contributed by atoms with Crippen molar-refractivity contribution < 1.29 is 5.11 Å². The lowest BCUT2D eigenvalue weighted by atomic mass is 10.0. The van der Waals surface area contributed by atoms with Crippen molar-refractivity contribution in [3.05, 3.63) is 18.1 Å². The van der Waals surface area contributed by atoms with Gasteiger partial charge < -0.3 is 10.8 Å². The molecule has 1 atom stereocenters. The van der Waals surface area contributed by atoms with Crippen molar-refractivity contribution in [3.63, 3.8) is 0 Å². The standard InChI is InChI=1S/C8H13N3O/c1-5(2)7(12)6-8(9)11-4-3-10-6/h3-5,7,12H,1-2H3,(H2,9,11). The number of nitrogen functional groups attached to an aromatic ring is 1. The average molecular weight is 167 g/mol. The van der Waals surface area contributed by atoms with E-state index in [0.717, 1.165) is 0 Å². The summed E-state index contributed by atoms with van der Waals surface area (Å²) in [5.41, 5.74) is 5.99. The van der Waals surface area contributed by atoms with Crippen LogP contribution >= 0.6 is 0 Å². The SMILES string of the molecule is CC(C)C(O)c1nccnc1N. The lowest BCUT2D eigenvalue weighted by Gasteiger charge is -2.14. The Labute approximate surface area is 71.5 Å². The highest BCUT2D eigenvalue weighted by Crippen LogP contribution is 2.21. The molecule has 4 heteroatoms. The maximum absolute atomic E-state index is 9.60. The van der Waals surface area contributed by atoms with Crippen molar-refractivity contribution >= 4 is 5.82 Å². The van der Waals surface area contributed by atoms with Crippen molar-refractivity contribution in [1.29, 1.82) is 0 Å². The molecule has 1 rings (SSSR count). The Hall–Kier alpha value is -1.16. The van der Waals surface area contributed by atoms with E-state index in [0.29, 0.717) is 11.5 Å². The zero-order valence-electron chi connectivity index (χ0n) is 7.23. The maximum atomic E-state index is 9.60. The summed E-state index contributed by atoms with van der Waals surface area (Å²) >= 11 is 0. The number of aliphatic hydroxyl groups excluding tert-OH is 1. The van der Waals surface area contributed by atoms with Crippen LogP contribution in [0, 0.1) is 5.92 Å². The predicted octanol–water partition coefficient (Wildman–Crippen LogP) is 0.748. The van der Waals surface area contributed by atoms with Crippen LogP contribution in [0.4, 0.5) is 5.82 Å². The molecule has 0 fully saturated rings. The van der Waals surface area contributed by atoms with Crippen molar-refractivity contribution in [2.24, 2.45) is 5.92 Å². The molecule has 12 heavy (non-hydrogen) atoms. The number of anilines is 1. The van der Waals surface area contributed by atoms with Crippen LogP contribution in [-0.2, 0) is 0 Å². The molecule has 0 aliphatic heterocycles. The number of aliphatic hydroxyl groups is 1. The van der Waals surface area contributed by atoms with Gasteiger partial charge in [-0.05, 0) is 5.92 Å². The Morgan fingerprint density at radius 2 is 1.92 bits per heavy atom. The largest absolute Gasteiger partial charge is 0.386 e. The second-order valence-corrected chi connectivity index (χ2v) is 3.02. The van der Waals surface area contributed by atoms with Crippen LogP contribution in [0.25, 0.3) is 0 Å². The van der Waals surface area contributed by atoms with Crippen LogP contribution in [0.3, 0.4) is 0 Å². The highest BCUT2D eigenvalue weighted by atomic mass is 16.3. The van der Waals surface area contributed by atoms with Crippen LogP contribution in [0.15, 0.2) is 12.4 Å². The molecular weight excluding hydrogens is 154 g/mol. The smallest absolute Gasteiger partial charge is 0.147 e. The van der Waals surface area contributed by atoms with E-state index in [9.17, 15) is 5.11 Å². The van der Waals surface area contributed by atoms with Crippen molar-refractivity contribution in [2.75, 3.05) is 5.73 Å². The first kappa shape index (κ1) is 8.93. The van der Waals surface area contributed by atoms with Crippen molar-refractivity contribution in [1.82, 2.24) is 9.97 Å². The zero-order valence-corrected chi connectivity index (χ0v) is 7.23. The monoisotopic (exact) mass is 167 g/mol. The number of aromatic nitrogens is 2. The van der Waals surface area contributed by atoms with Crippen LogP contribution in [0.2, 0.25) is 0 Å². The molecule has 0 saturated heterocycles. The number of hydrogen-bond donors (Lipinski definition) is 2. The molecule has 0 aliphatic carbocycles. The van der Waals surface area contributed by atoms with E-state index in [1.165, 1.54) is 12.4 Å². The lowest BCUT2D eigenvalue weighted by molar-refractivity contribution is 0.123. The van der Waals surface area contributed by atoms with Gasteiger partial charge in [0.05, 0.1) is 0 Å². The summed E-state index contributed by atoms with van der Waals surface area (Å²) in [6.45, 7) is 3.80. The van der Waals surface area contributed by atoms with Crippen LogP contribution < -0.4 is 5.73 Å². The molecule has 0 bridgehead atoms. The van der Waals surface area contributed by atoms with E-state index in [-0.39, 0.29) is 5.92 Å². The molecule has 0 aliphatic rings. The number of hydrogen-bond acceptors (Lipinski definition) is 4. The Morgan fingerprint density at radius 1 is 1.33 bits per heavy atom. The van der Waals surface area contributed by atoms with Crippen molar-refractivity contribution in [2.45, 2.75) is 20.0 Å². The van der Waals surface area contributed by atoms with Crippen LogP contribution in [-0.4, -0.2) is 15.1 Å². The highest BCUT2D eigenvalue weighted by Gasteiger charge is 2.16. The van der Waals surface area contributed by atoms with E-state index in [2.05, 4.69) is 9.97 Å². The Kier molecular flexibility index (Phi) is 2.60. The second kappa shape index (κ2) is 3.49. The molecular formula is C8H13N3O. The second-order valence-electron chi connectivity index (χ2n) is 3.02. The van der Waals surface area contributed by atoms with Gasteiger partial charge in [0.25, 0.3) is 0 Å². The summed E-state index contributed by atoms with van der Waals surface area (Å²) in [4.78, 5) is 7.80. The van der Waals surface area contributed by atoms with Gasteiger partial charge in [0.15, 0.2) is 0 Å². The summed E-state index contributed by atoms with van der Waals surface area (Å²) in [5.74, 6) is 0.405. The minimum absolute atomic E-state index is 0.101. The highest BCUT2D eigenvalue weighted by molar-refractivity contribution is 5.34. The number of rotatable bonds is 2. The van der Waals surface area contributed by atoms with Gasteiger partial charge in [-0.15, -0.1) is 0 Å². The molecule has 1 aromatic rings. The number of nitrogens with two attached hydrogens (primary N) is 1. The summed E-state index contributed by atoms with van der Waals surface area (Å²) in [5, 5.41) is 9.60. The summed E-state index contributed by atoms with van der Waals surface area (Å²) in [7, 11) is 0. The first-order chi connectivity index (χ1) is 5.63. The lowest BCUT2D eigenvalue weighted by Crippen LogP contribution is -2.11. The van der Waals surface area contributed by atoms with Gasteiger partial charge in [-0.3, -0.25) is 4.98 Å².